The number of benzene rings is 2. The summed E-state index contributed by atoms with van der Waals surface area (Å²) >= 11 is 6.58. The molecule has 2 N–H and O–H groups in total. The molecule has 0 unspecified atom stereocenters. The lowest BCUT2D eigenvalue weighted by Gasteiger charge is -2.31. The normalized spacial score (nSPS) is 25.7. The van der Waals surface area contributed by atoms with E-state index in [1.165, 1.54) is 12.1 Å². The Labute approximate surface area is 296 Å². The fourth-order valence-corrected chi connectivity index (χ4v) is 8.30. The summed E-state index contributed by atoms with van der Waals surface area (Å²) < 4.78 is 35.1. The first-order valence-electron chi connectivity index (χ1n) is 17.3. The number of carboxylic acids is 1. The van der Waals surface area contributed by atoms with Crippen LogP contribution in [0.5, 0.6) is 0 Å². The van der Waals surface area contributed by atoms with Crippen LogP contribution in [0.4, 0.5) is 10.1 Å². The number of amides is 2. The molecule has 0 radical (unpaired) electrons. The summed E-state index contributed by atoms with van der Waals surface area (Å²) in [6.45, 7) is 2.07. The SMILES string of the molecule is COC[C@@H]1[C@@H](OC)CCN1[C@H]1C[C@@H](CO[C@H]2CC[C@H](C(=O)O)CC2)N(C(=O)Cc2cc(Cl)c(NC(=O)c3cn(C)c4ccccc34)cc2F)C1. The van der Waals surface area contributed by atoms with Gasteiger partial charge in [-0.15, -0.1) is 0 Å². The van der Waals surface area contributed by atoms with E-state index in [-0.39, 0.29) is 64.9 Å². The van der Waals surface area contributed by atoms with Crippen LogP contribution < -0.4 is 5.32 Å². The van der Waals surface area contributed by atoms with Gasteiger partial charge in [-0.3, -0.25) is 19.3 Å². The van der Waals surface area contributed by atoms with Crippen LogP contribution in [0, 0.1) is 11.7 Å². The van der Waals surface area contributed by atoms with Crippen molar-refractivity contribution in [2.75, 3.05) is 45.8 Å². The summed E-state index contributed by atoms with van der Waals surface area (Å²) in [6.07, 6.45) is 5.45. The third-order valence-electron chi connectivity index (χ3n) is 10.8. The van der Waals surface area contributed by atoms with Crippen LogP contribution in [-0.4, -0.2) is 108 Å². The van der Waals surface area contributed by atoms with Gasteiger partial charge in [-0.1, -0.05) is 29.8 Å². The molecule has 1 saturated carbocycles. The number of carbonyl (C=O) groups is 3. The van der Waals surface area contributed by atoms with Crippen molar-refractivity contribution in [3.05, 3.63) is 64.6 Å². The number of aliphatic carboxylic acids is 1. The Morgan fingerprint density at radius 2 is 1.82 bits per heavy atom. The largest absolute Gasteiger partial charge is 0.481 e. The number of aryl methyl sites for hydroxylation is 1. The molecule has 270 valence electrons. The molecular formula is C37H46ClFN4O7. The number of aromatic nitrogens is 1. The van der Waals surface area contributed by atoms with Crippen LogP contribution >= 0.6 is 11.6 Å². The van der Waals surface area contributed by atoms with Gasteiger partial charge in [0.25, 0.3) is 5.91 Å². The Morgan fingerprint density at radius 3 is 2.54 bits per heavy atom. The number of likely N-dealkylation sites (tertiary alicyclic amines) is 2. The molecule has 4 atom stereocenters. The highest BCUT2D eigenvalue weighted by Crippen LogP contribution is 2.34. The highest BCUT2D eigenvalue weighted by Gasteiger charge is 2.45. The summed E-state index contributed by atoms with van der Waals surface area (Å²) in [7, 11) is 5.23. The second kappa shape index (κ2) is 15.8. The summed E-state index contributed by atoms with van der Waals surface area (Å²) in [5.41, 5.74) is 1.58. The number of hydrogen-bond donors (Lipinski definition) is 2. The molecule has 13 heteroatoms. The Kier molecular flexibility index (Phi) is 11.4. The predicted octanol–water partition coefficient (Wildman–Crippen LogP) is 5.13. The van der Waals surface area contributed by atoms with Crippen LogP contribution in [0.15, 0.2) is 42.6 Å². The fraction of sp³-hybridized carbons (Fsp3) is 0.541. The highest BCUT2D eigenvalue weighted by molar-refractivity contribution is 6.34. The molecule has 3 aliphatic rings. The van der Waals surface area contributed by atoms with Crippen molar-refractivity contribution in [2.24, 2.45) is 13.0 Å². The molecule has 0 spiro atoms. The van der Waals surface area contributed by atoms with Crippen LogP contribution in [0.2, 0.25) is 5.02 Å². The molecule has 3 heterocycles. The fourth-order valence-electron chi connectivity index (χ4n) is 8.07. The number of methoxy groups -OCH3 is 2. The molecule has 11 nitrogen and oxygen atoms in total. The van der Waals surface area contributed by atoms with E-state index in [9.17, 15) is 19.5 Å². The molecule has 1 aromatic heterocycles. The molecule has 50 heavy (non-hydrogen) atoms. The van der Waals surface area contributed by atoms with Crippen molar-refractivity contribution in [3.8, 4) is 0 Å². The zero-order valence-corrected chi connectivity index (χ0v) is 29.5. The van der Waals surface area contributed by atoms with Gasteiger partial charge in [-0.05, 0) is 62.3 Å². The molecule has 2 amide bonds. The summed E-state index contributed by atoms with van der Waals surface area (Å²) in [5.74, 6) is -2.41. The predicted molar refractivity (Wildman–Crippen MR) is 187 cm³/mol. The highest BCUT2D eigenvalue weighted by atomic mass is 35.5. The lowest BCUT2D eigenvalue weighted by molar-refractivity contribution is -0.144. The van der Waals surface area contributed by atoms with Crippen LogP contribution in [0.3, 0.4) is 0 Å². The lowest BCUT2D eigenvalue weighted by atomic mass is 9.87. The van der Waals surface area contributed by atoms with Crippen molar-refractivity contribution in [2.45, 2.75) is 75.3 Å². The molecule has 2 aliphatic heterocycles. The van der Waals surface area contributed by atoms with Crippen LogP contribution in [0.1, 0.15) is 54.4 Å². The van der Waals surface area contributed by atoms with Crippen molar-refractivity contribution >= 4 is 46.0 Å². The van der Waals surface area contributed by atoms with Gasteiger partial charge < -0.3 is 34.1 Å². The second-order valence-electron chi connectivity index (χ2n) is 13.8. The molecule has 3 aromatic rings. The zero-order chi connectivity index (χ0) is 35.5. The van der Waals surface area contributed by atoms with Gasteiger partial charge in [0.15, 0.2) is 0 Å². The Morgan fingerprint density at radius 1 is 1.06 bits per heavy atom. The number of ether oxygens (including phenoxy) is 3. The van der Waals surface area contributed by atoms with E-state index in [1.807, 2.05) is 35.9 Å². The molecule has 1 aliphatic carbocycles. The minimum absolute atomic E-state index is 0.0228. The van der Waals surface area contributed by atoms with Crippen molar-refractivity contribution in [3.63, 3.8) is 0 Å². The Bertz CT molecular complexity index is 1710. The number of nitrogens with zero attached hydrogens (tertiary/aromatic N) is 3. The van der Waals surface area contributed by atoms with Crippen molar-refractivity contribution < 1.29 is 38.1 Å². The molecule has 2 aromatic carbocycles. The number of para-hydroxylation sites is 1. The molecule has 0 bridgehead atoms. The number of halogens is 2. The number of fused-ring (bicyclic) bond motifs is 1. The average Bonchev–Trinajstić information content (AvgIpc) is 3.81. The Balaban J connectivity index is 1.16. The number of nitrogens with one attached hydrogen (secondary N) is 1. The Hall–Kier alpha value is -3.55. The third kappa shape index (κ3) is 7.69. The number of hydrogen-bond acceptors (Lipinski definition) is 7. The van der Waals surface area contributed by atoms with Gasteiger partial charge in [-0.2, -0.15) is 0 Å². The van der Waals surface area contributed by atoms with Crippen molar-refractivity contribution in [1.82, 2.24) is 14.4 Å². The maximum absolute atomic E-state index is 15.6. The topological polar surface area (TPSA) is 123 Å². The standard InChI is InChI=1S/C37H46ClFN4O7/c1-41-19-28(27-6-4-5-7-32(27)41)36(45)40-31-17-30(39)23(14-29(31)38)15-35(44)43-18-24(42-13-12-34(49-3)33(42)21-48-2)16-25(43)20-50-26-10-8-22(9-11-26)37(46)47/h4-7,14,17,19,22,24-26,33-34H,8-13,15-16,18,20-21H2,1-3H3,(H,40,45)(H,46,47)/t22-,24-,25-,26-,33+,34-/m0/s1. The third-order valence-corrected chi connectivity index (χ3v) is 11.1. The smallest absolute Gasteiger partial charge is 0.306 e. The van der Waals surface area contributed by atoms with Gasteiger partial charge in [0, 0.05) is 57.5 Å². The number of carboxylic acid groups (broad SMARTS) is 1. The maximum Gasteiger partial charge on any atom is 0.306 e. The van der Waals surface area contributed by atoms with Gasteiger partial charge in [0.2, 0.25) is 5.91 Å². The summed E-state index contributed by atoms with van der Waals surface area (Å²) in [4.78, 5) is 42.8. The zero-order valence-electron chi connectivity index (χ0n) is 28.8. The first-order chi connectivity index (χ1) is 24.1. The van der Waals surface area contributed by atoms with Crippen molar-refractivity contribution in [1.29, 1.82) is 0 Å². The molecule has 2 saturated heterocycles. The van der Waals surface area contributed by atoms with Crippen LogP contribution in [0.25, 0.3) is 10.9 Å². The van der Waals surface area contributed by atoms with Gasteiger partial charge in [0.05, 0.1) is 66.1 Å². The lowest BCUT2D eigenvalue weighted by Crippen LogP contribution is -2.47. The van der Waals surface area contributed by atoms with E-state index < -0.39 is 17.7 Å². The van der Waals surface area contributed by atoms with E-state index in [4.69, 9.17) is 25.8 Å². The van der Waals surface area contributed by atoms with E-state index in [0.717, 1.165) is 23.9 Å². The van der Waals surface area contributed by atoms with E-state index in [2.05, 4.69) is 10.2 Å². The minimum Gasteiger partial charge on any atom is -0.481 e. The number of carbonyl (C=O) groups excluding carboxylic acids is 2. The van der Waals surface area contributed by atoms with E-state index in [0.29, 0.717) is 57.4 Å². The average molecular weight is 713 g/mol. The first-order valence-corrected chi connectivity index (χ1v) is 17.7. The quantitative estimate of drug-likeness (QED) is 0.265. The number of anilines is 1. The van der Waals surface area contributed by atoms with E-state index >= 15 is 4.39 Å². The monoisotopic (exact) mass is 712 g/mol. The van der Waals surface area contributed by atoms with Gasteiger partial charge >= 0.3 is 5.97 Å². The molecule has 6 rings (SSSR count). The van der Waals surface area contributed by atoms with Gasteiger partial charge in [0.1, 0.15) is 5.82 Å². The maximum atomic E-state index is 15.6. The second-order valence-corrected chi connectivity index (χ2v) is 14.2. The number of rotatable bonds is 12. The van der Waals surface area contributed by atoms with Gasteiger partial charge in [-0.25, -0.2) is 4.39 Å². The minimum atomic E-state index is -0.767. The summed E-state index contributed by atoms with van der Waals surface area (Å²) in [5, 5.41) is 13.0. The molecule has 3 fully saturated rings. The van der Waals surface area contributed by atoms with E-state index in [1.54, 1.807) is 25.3 Å². The van der Waals surface area contributed by atoms with Crippen LogP contribution in [-0.2, 0) is 37.3 Å². The molecular weight excluding hydrogens is 667 g/mol. The summed E-state index contributed by atoms with van der Waals surface area (Å²) in [6, 6.07) is 9.92. The first kappa shape index (κ1) is 36.2.